The maximum absolute atomic E-state index is 13.3. The van der Waals surface area contributed by atoms with E-state index in [-0.39, 0.29) is 12.5 Å². The standard InChI is InChI=1S/C29H28Cl2N2O3S/c1-18(2)16-33-28(34)27(37-29(33)32-23-10-5-19(3)6-11-23)14-20-7-12-25(26(13-20)35-4)36-17-21-8-9-22(30)15-24(21)31/h5-15,18H,16-17H2,1-4H3/b27-14+,32-29?. The van der Waals surface area contributed by atoms with Crippen molar-refractivity contribution in [3.63, 3.8) is 0 Å². The molecule has 37 heavy (non-hydrogen) atoms. The van der Waals surface area contributed by atoms with Crippen molar-refractivity contribution < 1.29 is 14.3 Å². The Labute approximate surface area is 232 Å². The summed E-state index contributed by atoms with van der Waals surface area (Å²) in [5.41, 5.74) is 3.62. The molecule has 0 aliphatic carbocycles. The van der Waals surface area contributed by atoms with E-state index in [1.807, 2.05) is 61.5 Å². The number of carbonyl (C=O) groups excluding carboxylic acids is 1. The van der Waals surface area contributed by atoms with Gasteiger partial charge in [0.25, 0.3) is 5.91 Å². The lowest BCUT2D eigenvalue weighted by molar-refractivity contribution is -0.122. The number of amidine groups is 1. The molecular formula is C29H28Cl2N2O3S. The Hall–Kier alpha value is -2.93. The third kappa shape index (κ3) is 6.89. The predicted molar refractivity (Wildman–Crippen MR) is 154 cm³/mol. The van der Waals surface area contributed by atoms with E-state index in [0.29, 0.717) is 44.1 Å². The number of methoxy groups -OCH3 is 1. The fourth-order valence-corrected chi connectivity index (χ4v) is 5.16. The van der Waals surface area contributed by atoms with Gasteiger partial charge in [0, 0.05) is 22.2 Å². The molecule has 8 heteroatoms. The van der Waals surface area contributed by atoms with Crippen LogP contribution in [0.2, 0.25) is 10.0 Å². The van der Waals surface area contributed by atoms with Crippen LogP contribution in [0, 0.1) is 12.8 Å². The van der Waals surface area contributed by atoms with E-state index in [9.17, 15) is 4.79 Å². The second-order valence-electron chi connectivity index (χ2n) is 9.08. The topological polar surface area (TPSA) is 51.1 Å². The molecule has 0 spiro atoms. The Kier molecular flexibility index (Phi) is 8.85. The van der Waals surface area contributed by atoms with Crippen LogP contribution in [0.4, 0.5) is 5.69 Å². The summed E-state index contributed by atoms with van der Waals surface area (Å²) < 4.78 is 11.5. The lowest BCUT2D eigenvalue weighted by atomic mass is 10.1. The van der Waals surface area contributed by atoms with Gasteiger partial charge in [0.05, 0.1) is 17.7 Å². The molecule has 5 nitrogen and oxygen atoms in total. The summed E-state index contributed by atoms with van der Waals surface area (Å²) in [6.07, 6.45) is 1.86. The summed E-state index contributed by atoms with van der Waals surface area (Å²) in [5, 5.41) is 1.79. The average molecular weight is 556 g/mol. The van der Waals surface area contributed by atoms with Gasteiger partial charge in [-0.3, -0.25) is 9.69 Å². The first kappa shape index (κ1) is 27.1. The van der Waals surface area contributed by atoms with Crippen LogP contribution in [0.25, 0.3) is 6.08 Å². The monoisotopic (exact) mass is 554 g/mol. The van der Waals surface area contributed by atoms with E-state index in [2.05, 4.69) is 13.8 Å². The van der Waals surface area contributed by atoms with Crippen molar-refractivity contribution in [3.05, 3.63) is 92.3 Å². The predicted octanol–water partition coefficient (Wildman–Crippen LogP) is 8.15. The Bertz CT molecular complexity index is 1350. The van der Waals surface area contributed by atoms with Gasteiger partial charge in [-0.2, -0.15) is 0 Å². The Balaban J connectivity index is 1.57. The number of halogens is 2. The minimum atomic E-state index is -0.0544. The van der Waals surface area contributed by atoms with Gasteiger partial charge >= 0.3 is 0 Å². The number of hydrogen-bond acceptors (Lipinski definition) is 5. The van der Waals surface area contributed by atoms with E-state index >= 15 is 0 Å². The molecule has 0 unspecified atom stereocenters. The van der Waals surface area contributed by atoms with Gasteiger partial charge in [-0.15, -0.1) is 0 Å². The first-order chi connectivity index (χ1) is 17.7. The van der Waals surface area contributed by atoms with Gasteiger partial charge in [-0.25, -0.2) is 4.99 Å². The average Bonchev–Trinajstić information content (AvgIpc) is 3.13. The van der Waals surface area contributed by atoms with Crippen LogP contribution in [0.3, 0.4) is 0 Å². The molecule has 1 heterocycles. The molecule has 0 bridgehead atoms. The summed E-state index contributed by atoms with van der Waals surface area (Å²) >= 11 is 13.6. The Morgan fingerprint density at radius 2 is 1.78 bits per heavy atom. The summed E-state index contributed by atoms with van der Waals surface area (Å²) in [7, 11) is 1.58. The molecule has 0 N–H and O–H groups in total. The number of aliphatic imine (C=N–C) groups is 1. The zero-order valence-electron chi connectivity index (χ0n) is 21.1. The van der Waals surface area contributed by atoms with Gasteiger partial charge < -0.3 is 9.47 Å². The van der Waals surface area contributed by atoms with E-state index in [1.54, 1.807) is 24.1 Å². The number of ether oxygens (including phenoxy) is 2. The fourth-order valence-electron chi connectivity index (χ4n) is 3.69. The number of hydrogen-bond donors (Lipinski definition) is 0. The number of rotatable bonds is 8. The van der Waals surface area contributed by atoms with E-state index in [1.165, 1.54) is 11.8 Å². The molecule has 1 aliphatic rings. The van der Waals surface area contributed by atoms with Crippen LogP contribution in [0.15, 0.2) is 70.6 Å². The molecular weight excluding hydrogens is 527 g/mol. The summed E-state index contributed by atoms with van der Waals surface area (Å²) in [6, 6.07) is 18.8. The van der Waals surface area contributed by atoms with Crippen molar-refractivity contribution in [1.82, 2.24) is 4.90 Å². The molecule has 1 amide bonds. The first-order valence-electron chi connectivity index (χ1n) is 11.8. The highest BCUT2D eigenvalue weighted by Gasteiger charge is 2.33. The SMILES string of the molecule is COc1cc(/C=C2/SC(=Nc3ccc(C)cc3)N(CC(C)C)C2=O)ccc1OCc1ccc(Cl)cc1Cl. The second-order valence-corrected chi connectivity index (χ2v) is 10.9. The largest absolute Gasteiger partial charge is 0.493 e. The van der Waals surface area contributed by atoms with Crippen LogP contribution in [-0.4, -0.2) is 29.6 Å². The van der Waals surface area contributed by atoms with Gasteiger partial charge in [-0.05, 0) is 72.6 Å². The number of benzene rings is 3. The molecule has 1 fully saturated rings. The van der Waals surface area contributed by atoms with Crippen molar-refractivity contribution >= 4 is 57.8 Å². The summed E-state index contributed by atoms with van der Waals surface area (Å²) in [5.74, 6) is 1.38. The molecule has 0 saturated carbocycles. The van der Waals surface area contributed by atoms with Crippen molar-refractivity contribution in [2.45, 2.75) is 27.4 Å². The van der Waals surface area contributed by atoms with E-state index in [4.69, 9.17) is 37.7 Å². The van der Waals surface area contributed by atoms with E-state index in [0.717, 1.165) is 22.4 Å². The van der Waals surface area contributed by atoms with Gasteiger partial charge in [0.2, 0.25) is 0 Å². The number of nitrogens with zero attached hydrogens (tertiary/aromatic N) is 2. The summed E-state index contributed by atoms with van der Waals surface area (Å²) in [6.45, 7) is 7.07. The van der Waals surface area contributed by atoms with Crippen molar-refractivity contribution in [3.8, 4) is 11.5 Å². The third-order valence-electron chi connectivity index (χ3n) is 5.58. The number of carbonyl (C=O) groups is 1. The molecule has 3 aromatic carbocycles. The molecule has 192 valence electrons. The van der Waals surface area contributed by atoms with Crippen molar-refractivity contribution in [1.29, 1.82) is 0 Å². The smallest absolute Gasteiger partial charge is 0.266 e. The zero-order valence-corrected chi connectivity index (χ0v) is 23.5. The van der Waals surface area contributed by atoms with Gasteiger partial charge in [0.1, 0.15) is 6.61 Å². The highest BCUT2D eigenvalue weighted by Crippen LogP contribution is 2.36. The maximum Gasteiger partial charge on any atom is 0.266 e. The third-order valence-corrected chi connectivity index (χ3v) is 7.17. The second kappa shape index (κ2) is 12.1. The zero-order chi connectivity index (χ0) is 26.5. The lowest BCUT2D eigenvalue weighted by Crippen LogP contribution is -2.32. The van der Waals surface area contributed by atoms with Crippen molar-refractivity contribution in [2.24, 2.45) is 10.9 Å². The van der Waals surface area contributed by atoms with Gasteiger partial charge in [-0.1, -0.05) is 66.9 Å². The quantitative estimate of drug-likeness (QED) is 0.263. The van der Waals surface area contributed by atoms with Crippen LogP contribution >= 0.6 is 35.0 Å². The molecule has 3 aromatic rings. The summed E-state index contributed by atoms with van der Waals surface area (Å²) in [4.78, 5) is 20.4. The minimum absolute atomic E-state index is 0.0544. The minimum Gasteiger partial charge on any atom is -0.493 e. The normalized spacial score (nSPS) is 15.8. The van der Waals surface area contributed by atoms with E-state index < -0.39 is 0 Å². The van der Waals surface area contributed by atoms with Crippen LogP contribution in [0.5, 0.6) is 11.5 Å². The molecule has 0 radical (unpaired) electrons. The van der Waals surface area contributed by atoms with Crippen LogP contribution in [-0.2, 0) is 11.4 Å². The Morgan fingerprint density at radius 1 is 1.03 bits per heavy atom. The van der Waals surface area contributed by atoms with Gasteiger partial charge in [0.15, 0.2) is 16.7 Å². The molecule has 1 saturated heterocycles. The highest BCUT2D eigenvalue weighted by molar-refractivity contribution is 8.18. The first-order valence-corrected chi connectivity index (χ1v) is 13.4. The molecule has 4 rings (SSSR count). The molecule has 0 atom stereocenters. The highest BCUT2D eigenvalue weighted by atomic mass is 35.5. The molecule has 0 aromatic heterocycles. The maximum atomic E-state index is 13.3. The van der Waals surface area contributed by atoms with Crippen LogP contribution < -0.4 is 9.47 Å². The lowest BCUT2D eigenvalue weighted by Gasteiger charge is -2.17. The molecule has 1 aliphatic heterocycles. The number of amides is 1. The number of thioether (sulfide) groups is 1. The van der Waals surface area contributed by atoms with Crippen LogP contribution in [0.1, 0.15) is 30.5 Å². The number of aryl methyl sites for hydroxylation is 1. The fraction of sp³-hybridized carbons (Fsp3) is 0.241. The Morgan fingerprint density at radius 3 is 2.46 bits per heavy atom. The van der Waals surface area contributed by atoms with Crippen molar-refractivity contribution in [2.75, 3.05) is 13.7 Å².